The molecule has 0 spiro atoms. The molecule has 1 aliphatic carbocycles. The highest BCUT2D eigenvalue weighted by atomic mass is 16.3. The van der Waals surface area contributed by atoms with Crippen molar-refractivity contribution in [3.05, 3.63) is 23.5 Å². The van der Waals surface area contributed by atoms with Gasteiger partial charge in [0.05, 0.1) is 6.20 Å². The number of hydrogen-bond acceptors (Lipinski definition) is 3. The van der Waals surface area contributed by atoms with Gasteiger partial charge in [-0.15, -0.1) is 0 Å². The van der Waals surface area contributed by atoms with E-state index in [1.54, 1.807) is 17.0 Å². The molecule has 1 aliphatic rings. The number of nitrogens with zero attached hydrogens (tertiary/aromatic N) is 2. The van der Waals surface area contributed by atoms with Crippen LogP contribution in [0.5, 0.6) is 0 Å². The lowest BCUT2D eigenvalue weighted by atomic mass is 10.1. The first-order chi connectivity index (χ1) is 9.11. The molecule has 5 nitrogen and oxygen atoms in total. The van der Waals surface area contributed by atoms with Crippen molar-refractivity contribution >= 4 is 12.0 Å². The van der Waals surface area contributed by atoms with Gasteiger partial charge in [-0.05, 0) is 38.2 Å². The molecule has 2 rings (SSSR count). The SMILES string of the molecule is Cc1c(/C=C/C(=O)NC(CCO)C2CC2)cnn1C. The molecule has 1 saturated carbocycles. The van der Waals surface area contributed by atoms with Crippen molar-refractivity contribution in [2.24, 2.45) is 13.0 Å². The zero-order valence-electron chi connectivity index (χ0n) is 11.5. The van der Waals surface area contributed by atoms with Crippen molar-refractivity contribution in [2.75, 3.05) is 6.61 Å². The van der Waals surface area contributed by atoms with E-state index < -0.39 is 0 Å². The number of hydrogen-bond donors (Lipinski definition) is 2. The van der Waals surface area contributed by atoms with Crippen LogP contribution in [-0.4, -0.2) is 33.4 Å². The number of aliphatic hydroxyl groups is 1. The quantitative estimate of drug-likeness (QED) is 0.753. The molecule has 1 unspecified atom stereocenters. The second-order valence-corrected chi connectivity index (χ2v) is 5.11. The van der Waals surface area contributed by atoms with E-state index in [2.05, 4.69) is 10.4 Å². The van der Waals surface area contributed by atoms with Gasteiger partial charge < -0.3 is 10.4 Å². The van der Waals surface area contributed by atoms with E-state index in [1.165, 1.54) is 6.08 Å². The summed E-state index contributed by atoms with van der Waals surface area (Å²) in [6.45, 7) is 2.08. The Balaban J connectivity index is 1.91. The molecule has 1 amide bonds. The Labute approximate surface area is 113 Å². The topological polar surface area (TPSA) is 67.2 Å². The summed E-state index contributed by atoms with van der Waals surface area (Å²) in [6, 6.07) is 0.108. The number of aromatic nitrogens is 2. The third kappa shape index (κ3) is 3.67. The van der Waals surface area contributed by atoms with Crippen LogP contribution >= 0.6 is 0 Å². The van der Waals surface area contributed by atoms with Gasteiger partial charge in [-0.1, -0.05) is 0 Å². The van der Waals surface area contributed by atoms with Crippen molar-refractivity contribution < 1.29 is 9.90 Å². The van der Waals surface area contributed by atoms with Crippen LogP contribution in [-0.2, 0) is 11.8 Å². The Morgan fingerprint density at radius 2 is 2.42 bits per heavy atom. The van der Waals surface area contributed by atoms with Crippen molar-refractivity contribution in [1.82, 2.24) is 15.1 Å². The molecule has 1 atom stereocenters. The summed E-state index contributed by atoms with van der Waals surface area (Å²) in [6.07, 6.45) is 7.99. The number of carbonyl (C=O) groups excluding carboxylic acids is 1. The van der Waals surface area contributed by atoms with E-state index in [1.807, 2.05) is 14.0 Å². The van der Waals surface area contributed by atoms with Gasteiger partial charge in [-0.25, -0.2) is 0 Å². The molecule has 0 bridgehead atoms. The summed E-state index contributed by atoms with van der Waals surface area (Å²) in [5, 5.41) is 16.1. The summed E-state index contributed by atoms with van der Waals surface area (Å²) in [5.41, 5.74) is 1.97. The van der Waals surface area contributed by atoms with Gasteiger partial charge in [-0.3, -0.25) is 9.48 Å². The Bertz CT molecular complexity index is 475. The van der Waals surface area contributed by atoms with Crippen LogP contribution in [0.4, 0.5) is 0 Å². The fraction of sp³-hybridized carbons (Fsp3) is 0.571. The van der Waals surface area contributed by atoms with Crippen molar-refractivity contribution in [3.8, 4) is 0 Å². The lowest BCUT2D eigenvalue weighted by molar-refractivity contribution is -0.117. The van der Waals surface area contributed by atoms with E-state index in [0.717, 1.165) is 24.1 Å². The second kappa shape index (κ2) is 6.02. The third-order valence-electron chi connectivity index (χ3n) is 3.65. The standard InChI is InChI=1S/C14H21N3O2/c1-10-12(9-15-17(10)2)5-6-14(19)16-13(7-8-18)11-3-4-11/h5-6,9,11,13,18H,3-4,7-8H2,1-2H3,(H,16,19)/b6-5+. The predicted molar refractivity (Wildman–Crippen MR) is 73.3 cm³/mol. The molecule has 19 heavy (non-hydrogen) atoms. The minimum absolute atomic E-state index is 0.103. The van der Waals surface area contributed by atoms with E-state index in [-0.39, 0.29) is 18.6 Å². The van der Waals surface area contributed by atoms with Crippen LogP contribution in [0.2, 0.25) is 0 Å². The average molecular weight is 263 g/mol. The molecule has 0 saturated heterocycles. The second-order valence-electron chi connectivity index (χ2n) is 5.11. The fourth-order valence-electron chi connectivity index (χ4n) is 2.14. The van der Waals surface area contributed by atoms with Crippen LogP contribution in [0, 0.1) is 12.8 Å². The molecular weight excluding hydrogens is 242 g/mol. The molecule has 5 heteroatoms. The van der Waals surface area contributed by atoms with Crippen LogP contribution < -0.4 is 5.32 Å². The zero-order valence-corrected chi connectivity index (χ0v) is 11.5. The van der Waals surface area contributed by atoms with E-state index in [9.17, 15) is 4.79 Å². The Kier molecular flexibility index (Phi) is 4.37. The van der Waals surface area contributed by atoms with Crippen LogP contribution in [0.15, 0.2) is 12.3 Å². The number of rotatable bonds is 6. The number of nitrogens with one attached hydrogen (secondary N) is 1. The lowest BCUT2D eigenvalue weighted by Crippen LogP contribution is -2.36. The first-order valence-corrected chi connectivity index (χ1v) is 6.70. The smallest absolute Gasteiger partial charge is 0.244 e. The molecule has 1 aromatic rings. The minimum Gasteiger partial charge on any atom is -0.396 e. The van der Waals surface area contributed by atoms with Crippen LogP contribution in [0.25, 0.3) is 6.08 Å². The Morgan fingerprint density at radius 1 is 1.68 bits per heavy atom. The minimum atomic E-state index is -0.103. The third-order valence-corrected chi connectivity index (χ3v) is 3.65. The Hall–Kier alpha value is -1.62. The van der Waals surface area contributed by atoms with Gasteiger partial charge in [0.1, 0.15) is 0 Å². The molecule has 104 valence electrons. The van der Waals surface area contributed by atoms with Crippen molar-refractivity contribution in [2.45, 2.75) is 32.2 Å². The maximum Gasteiger partial charge on any atom is 0.244 e. The van der Waals surface area contributed by atoms with Gasteiger partial charge in [0.15, 0.2) is 0 Å². The maximum atomic E-state index is 11.8. The molecule has 0 radical (unpaired) electrons. The highest BCUT2D eigenvalue weighted by molar-refractivity contribution is 5.92. The molecule has 2 N–H and O–H groups in total. The monoisotopic (exact) mass is 263 g/mol. The molecular formula is C14H21N3O2. The predicted octanol–water partition coefficient (Wildman–Crippen LogP) is 1.02. The molecule has 1 fully saturated rings. The summed E-state index contributed by atoms with van der Waals surface area (Å²) in [5.74, 6) is 0.443. The van der Waals surface area contributed by atoms with E-state index in [0.29, 0.717) is 12.3 Å². The average Bonchev–Trinajstić information content (AvgIpc) is 3.17. The summed E-state index contributed by atoms with van der Waals surface area (Å²) < 4.78 is 1.77. The number of aliphatic hydroxyl groups excluding tert-OH is 1. The van der Waals surface area contributed by atoms with Gasteiger partial charge in [0.25, 0.3) is 0 Å². The number of carbonyl (C=O) groups is 1. The first-order valence-electron chi connectivity index (χ1n) is 6.70. The largest absolute Gasteiger partial charge is 0.396 e. The van der Waals surface area contributed by atoms with Gasteiger partial charge >= 0.3 is 0 Å². The fourth-order valence-corrected chi connectivity index (χ4v) is 2.14. The first kappa shape index (κ1) is 13.8. The van der Waals surface area contributed by atoms with Gasteiger partial charge in [-0.2, -0.15) is 5.10 Å². The maximum absolute atomic E-state index is 11.8. The highest BCUT2D eigenvalue weighted by Crippen LogP contribution is 2.33. The number of aryl methyl sites for hydroxylation is 1. The van der Waals surface area contributed by atoms with Gasteiger partial charge in [0.2, 0.25) is 5.91 Å². The highest BCUT2D eigenvalue weighted by Gasteiger charge is 2.31. The zero-order chi connectivity index (χ0) is 13.8. The molecule has 0 aliphatic heterocycles. The van der Waals surface area contributed by atoms with Crippen LogP contribution in [0.1, 0.15) is 30.5 Å². The number of amides is 1. The van der Waals surface area contributed by atoms with Crippen molar-refractivity contribution in [1.29, 1.82) is 0 Å². The molecule has 1 aromatic heterocycles. The summed E-state index contributed by atoms with van der Waals surface area (Å²) in [4.78, 5) is 11.8. The normalized spacial score (nSPS) is 16.8. The lowest BCUT2D eigenvalue weighted by Gasteiger charge is -2.15. The molecule has 1 heterocycles. The molecule has 0 aromatic carbocycles. The van der Waals surface area contributed by atoms with Crippen molar-refractivity contribution in [3.63, 3.8) is 0 Å². The van der Waals surface area contributed by atoms with Gasteiger partial charge in [0, 0.05) is 37.0 Å². The summed E-state index contributed by atoms with van der Waals surface area (Å²) in [7, 11) is 1.87. The van der Waals surface area contributed by atoms with Crippen LogP contribution in [0.3, 0.4) is 0 Å². The summed E-state index contributed by atoms with van der Waals surface area (Å²) >= 11 is 0. The van der Waals surface area contributed by atoms with E-state index >= 15 is 0 Å². The van der Waals surface area contributed by atoms with E-state index in [4.69, 9.17) is 5.11 Å². The Morgan fingerprint density at radius 3 is 2.95 bits per heavy atom.